The standard InChI is InChI=1S/C18H20ClF3N4O5S.C4H8O2/c1-4-25-10-14(15(19)24-25)32(28,29)26-7-8-30-13-6-5-11(9-12(13)26)23-16(27)31-17(2,3)18(20,21)22;1-3(5)4(2)6/h5-6,9-10H,4,7-8H2,1-3H3,(H,23,27);4-6H,1H2,2H3. The maximum Gasteiger partial charge on any atom is 0.427 e. The van der Waals surface area contributed by atoms with E-state index in [-0.39, 0.29) is 46.1 Å². The molecule has 0 saturated carbocycles. The van der Waals surface area contributed by atoms with Gasteiger partial charge >= 0.3 is 12.3 Å². The molecule has 0 aliphatic carbocycles. The second-order valence-corrected chi connectivity index (χ2v) is 10.6. The topological polar surface area (TPSA) is 143 Å². The zero-order chi connectivity index (χ0) is 29.1. The molecule has 0 fully saturated rings. The quantitative estimate of drug-likeness (QED) is 0.422. The predicted molar refractivity (Wildman–Crippen MR) is 133 cm³/mol. The lowest BCUT2D eigenvalue weighted by Gasteiger charge is -2.31. The van der Waals surface area contributed by atoms with Crippen LogP contribution in [0, 0.1) is 0 Å². The number of halogens is 4. The Kier molecular flexibility index (Phi) is 9.56. The highest BCUT2D eigenvalue weighted by Crippen LogP contribution is 2.39. The van der Waals surface area contributed by atoms with Crippen LogP contribution >= 0.6 is 11.6 Å². The van der Waals surface area contributed by atoms with Gasteiger partial charge in [-0.05, 0) is 45.9 Å². The van der Waals surface area contributed by atoms with Gasteiger partial charge in [0, 0.05) is 18.4 Å². The average Bonchev–Trinajstić information content (AvgIpc) is 3.19. The number of aryl methyl sites for hydroxylation is 1. The maximum atomic E-state index is 13.2. The number of hydrogen-bond acceptors (Lipinski definition) is 8. The molecule has 1 aliphatic rings. The van der Waals surface area contributed by atoms with Gasteiger partial charge in [-0.3, -0.25) is 14.3 Å². The van der Waals surface area contributed by atoms with E-state index in [0.29, 0.717) is 20.4 Å². The molecular formula is C22H28ClF3N4O7S. The van der Waals surface area contributed by atoms with Gasteiger partial charge in [-0.1, -0.05) is 18.2 Å². The number of aliphatic hydroxyl groups is 2. The van der Waals surface area contributed by atoms with Gasteiger partial charge in [-0.25, -0.2) is 13.2 Å². The van der Waals surface area contributed by atoms with Crippen molar-refractivity contribution in [3.8, 4) is 5.75 Å². The Morgan fingerprint density at radius 3 is 2.47 bits per heavy atom. The van der Waals surface area contributed by atoms with Gasteiger partial charge in [0.05, 0.1) is 12.2 Å². The fraction of sp³-hybridized carbons (Fsp3) is 0.455. The van der Waals surface area contributed by atoms with Crippen molar-refractivity contribution in [3.05, 3.63) is 41.9 Å². The zero-order valence-corrected chi connectivity index (χ0v) is 22.5. The summed E-state index contributed by atoms with van der Waals surface area (Å²) in [6.45, 7) is 8.09. The Hall–Kier alpha value is -3.17. The highest BCUT2D eigenvalue weighted by Gasteiger charge is 2.51. The van der Waals surface area contributed by atoms with Crippen molar-refractivity contribution in [1.82, 2.24) is 9.78 Å². The minimum atomic E-state index is -4.78. The van der Waals surface area contributed by atoms with E-state index >= 15 is 0 Å². The van der Waals surface area contributed by atoms with E-state index in [2.05, 4.69) is 21.7 Å². The van der Waals surface area contributed by atoms with Crippen molar-refractivity contribution >= 4 is 39.1 Å². The van der Waals surface area contributed by atoms with Gasteiger partial charge in [0.1, 0.15) is 29.1 Å². The average molecular weight is 585 g/mol. The largest absolute Gasteiger partial charge is 0.510 e. The minimum Gasteiger partial charge on any atom is -0.510 e. The molecule has 0 radical (unpaired) electrons. The van der Waals surface area contributed by atoms with Crippen molar-refractivity contribution in [3.63, 3.8) is 0 Å². The zero-order valence-electron chi connectivity index (χ0n) is 20.9. The van der Waals surface area contributed by atoms with Gasteiger partial charge in [0.15, 0.2) is 5.15 Å². The van der Waals surface area contributed by atoms with Crippen LogP contribution in [0.2, 0.25) is 5.15 Å². The van der Waals surface area contributed by atoms with Crippen LogP contribution < -0.4 is 14.4 Å². The third-order valence-electron chi connectivity index (χ3n) is 5.12. The first-order valence-corrected chi connectivity index (χ1v) is 12.9. The molecule has 11 nitrogen and oxygen atoms in total. The third kappa shape index (κ3) is 7.23. The van der Waals surface area contributed by atoms with Crippen molar-refractivity contribution < 1.29 is 46.1 Å². The molecule has 1 atom stereocenters. The number of aromatic nitrogens is 2. The lowest BCUT2D eigenvalue weighted by molar-refractivity contribution is -0.242. The number of ether oxygens (including phenoxy) is 2. The molecule has 1 aromatic heterocycles. The van der Waals surface area contributed by atoms with Gasteiger partial charge in [-0.2, -0.15) is 18.3 Å². The van der Waals surface area contributed by atoms with Crippen molar-refractivity contribution in [2.24, 2.45) is 0 Å². The normalized spacial score (nSPS) is 14.4. The second kappa shape index (κ2) is 11.7. The Labute approximate surface area is 222 Å². The van der Waals surface area contributed by atoms with Crippen LogP contribution in [0.5, 0.6) is 5.75 Å². The van der Waals surface area contributed by atoms with Gasteiger partial charge in [0.2, 0.25) is 5.60 Å². The molecule has 1 amide bonds. The van der Waals surface area contributed by atoms with Crippen molar-refractivity contribution in [2.75, 3.05) is 22.8 Å². The van der Waals surface area contributed by atoms with E-state index in [4.69, 9.17) is 26.6 Å². The Balaban J connectivity index is 0.000000757. The number of carbonyl (C=O) groups excluding carboxylic acids is 1. The number of carbonyl (C=O) groups is 1. The van der Waals surface area contributed by atoms with E-state index < -0.39 is 34.0 Å². The number of rotatable bonds is 6. The summed E-state index contributed by atoms with van der Waals surface area (Å²) in [5.74, 6) is 0.0170. The van der Waals surface area contributed by atoms with E-state index in [1.807, 2.05) is 0 Å². The summed E-state index contributed by atoms with van der Waals surface area (Å²) >= 11 is 6.02. The number of alkyl halides is 3. The summed E-state index contributed by atoms with van der Waals surface area (Å²) in [5, 5.41) is 22.4. The summed E-state index contributed by atoms with van der Waals surface area (Å²) in [6.07, 6.45) is -5.62. The summed E-state index contributed by atoms with van der Waals surface area (Å²) in [5.41, 5.74) is -2.64. The Morgan fingerprint density at radius 1 is 1.37 bits per heavy atom. The number of nitrogens with one attached hydrogen (secondary N) is 1. The third-order valence-corrected chi connectivity index (χ3v) is 7.32. The number of sulfonamides is 1. The van der Waals surface area contributed by atoms with Crippen LogP contribution in [0.15, 0.2) is 41.6 Å². The fourth-order valence-electron chi connectivity index (χ4n) is 2.79. The molecule has 212 valence electrons. The number of anilines is 2. The van der Waals surface area contributed by atoms with E-state index in [1.165, 1.54) is 36.0 Å². The highest BCUT2D eigenvalue weighted by atomic mass is 35.5. The molecule has 1 unspecified atom stereocenters. The highest BCUT2D eigenvalue weighted by molar-refractivity contribution is 7.93. The van der Waals surface area contributed by atoms with Gasteiger partial charge in [-0.15, -0.1) is 0 Å². The van der Waals surface area contributed by atoms with E-state index in [9.17, 15) is 26.4 Å². The molecule has 1 aliphatic heterocycles. The summed E-state index contributed by atoms with van der Waals surface area (Å²) in [7, 11) is -4.14. The number of amides is 1. The monoisotopic (exact) mass is 584 g/mol. The first-order chi connectivity index (χ1) is 17.4. The SMILES string of the molecule is C=C(O)C(C)O.CCn1cc(S(=O)(=O)N2CCOc3ccc(NC(=O)OC(C)(C)C(F)(F)F)cc32)c(Cl)n1. The molecule has 1 aromatic carbocycles. The number of benzene rings is 1. The molecule has 3 rings (SSSR count). The molecule has 2 heterocycles. The lowest BCUT2D eigenvalue weighted by atomic mass is 10.1. The van der Waals surface area contributed by atoms with Crippen LogP contribution in [0.4, 0.5) is 29.3 Å². The molecule has 2 aromatic rings. The number of aliphatic hydroxyl groups excluding tert-OH is 2. The van der Waals surface area contributed by atoms with E-state index in [1.54, 1.807) is 6.92 Å². The van der Waals surface area contributed by atoms with Crippen LogP contribution in [0.3, 0.4) is 0 Å². The van der Waals surface area contributed by atoms with Gasteiger partial charge in [0.25, 0.3) is 10.0 Å². The number of nitrogens with zero attached hydrogens (tertiary/aromatic N) is 3. The first kappa shape index (κ1) is 31.1. The molecule has 3 N–H and O–H groups in total. The molecule has 0 saturated heterocycles. The van der Waals surface area contributed by atoms with Gasteiger partial charge < -0.3 is 19.7 Å². The van der Waals surface area contributed by atoms with Crippen LogP contribution in [-0.4, -0.2) is 65.5 Å². The Morgan fingerprint density at radius 2 is 1.97 bits per heavy atom. The predicted octanol–water partition coefficient (Wildman–Crippen LogP) is 4.47. The number of fused-ring (bicyclic) bond motifs is 1. The molecule has 38 heavy (non-hydrogen) atoms. The van der Waals surface area contributed by atoms with E-state index in [0.717, 1.165) is 4.31 Å². The molecule has 0 spiro atoms. The number of hydrogen-bond donors (Lipinski definition) is 3. The van der Waals surface area contributed by atoms with Crippen LogP contribution in [0.25, 0.3) is 0 Å². The van der Waals surface area contributed by atoms with Crippen LogP contribution in [0.1, 0.15) is 27.7 Å². The van der Waals surface area contributed by atoms with Crippen molar-refractivity contribution in [1.29, 1.82) is 0 Å². The molecular weight excluding hydrogens is 557 g/mol. The fourth-order valence-corrected chi connectivity index (χ4v) is 4.69. The summed E-state index contributed by atoms with van der Waals surface area (Å²) < 4.78 is 77.7. The minimum absolute atomic E-state index is 0.00720. The Bertz CT molecular complexity index is 1280. The summed E-state index contributed by atoms with van der Waals surface area (Å²) in [4.78, 5) is 11.8. The molecule has 0 bridgehead atoms. The maximum absolute atomic E-state index is 13.2. The smallest absolute Gasteiger partial charge is 0.427 e. The first-order valence-electron chi connectivity index (χ1n) is 11.1. The van der Waals surface area contributed by atoms with Crippen LogP contribution in [-0.2, 0) is 21.3 Å². The van der Waals surface area contributed by atoms with Crippen molar-refractivity contribution in [2.45, 2.75) is 57.0 Å². The lowest BCUT2D eigenvalue weighted by Crippen LogP contribution is -2.44. The second-order valence-electron chi connectivity index (χ2n) is 8.44. The summed E-state index contributed by atoms with van der Waals surface area (Å²) in [6, 6.07) is 3.99. The molecule has 16 heteroatoms.